The van der Waals surface area contributed by atoms with Crippen LogP contribution in [-0.2, 0) is 0 Å². The predicted molar refractivity (Wildman–Crippen MR) is 131 cm³/mol. The van der Waals surface area contributed by atoms with Crippen molar-refractivity contribution in [1.82, 2.24) is 0 Å². The molecule has 0 heterocycles. The van der Waals surface area contributed by atoms with E-state index < -0.39 is 0 Å². The predicted octanol–water partition coefficient (Wildman–Crippen LogP) is 10.7. The summed E-state index contributed by atoms with van der Waals surface area (Å²) in [6, 6.07) is 0. The van der Waals surface area contributed by atoms with Gasteiger partial charge < -0.3 is 0 Å². The highest BCUT2D eigenvalue weighted by molar-refractivity contribution is 4.67. The van der Waals surface area contributed by atoms with E-state index in [1.165, 1.54) is 135 Å². The Bertz CT molecular complexity index is 292. The van der Waals surface area contributed by atoms with Crippen LogP contribution < -0.4 is 0 Å². The molecule has 0 nitrogen and oxygen atoms in total. The Morgan fingerprint density at radius 3 is 1.36 bits per heavy atom. The maximum atomic E-state index is 3.81. The summed E-state index contributed by atoms with van der Waals surface area (Å²) < 4.78 is 0. The van der Waals surface area contributed by atoms with Crippen LogP contribution in [0.15, 0.2) is 12.7 Å². The SMILES string of the molecule is C=CCCCCCCCCC(CCCCCCCCCCCCC)C(C)CC. The fourth-order valence-corrected chi connectivity index (χ4v) is 4.52. The van der Waals surface area contributed by atoms with Crippen LogP contribution in [0.4, 0.5) is 0 Å². The lowest BCUT2D eigenvalue weighted by Gasteiger charge is -2.23. The minimum absolute atomic E-state index is 0.927. The third-order valence-corrected chi connectivity index (χ3v) is 6.86. The zero-order chi connectivity index (χ0) is 20.7. The fourth-order valence-electron chi connectivity index (χ4n) is 4.52. The molecule has 0 fully saturated rings. The average Bonchev–Trinajstić information content (AvgIpc) is 2.71. The molecule has 0 aromatic rings. The first-order valence-electron chi connectivity index (χ1n) is 13.4. The lowest BCUT2D eigenvalue weighted by Crippen LogP contribution is -2.11. The van der Waals surface area contributed by atoms with Gasteiger partial charge in [0, 0.05) is 0 Å². The average molecular weight is 393 g/mol. The molecule has 0 heteroatoms. The molecule has 0 radical (unpaired) electrons. The normalized spacial score (nSPS) is 13.5. The molecule has 0 aliphatic rings. The van der Waals surface area contributed by atoms with Crippen LogP contribution in [-0.4, -0.2) is 0 Å². The molecule has 0 aromatic carbocycles. The van der Waals surface area contributed by atoms with Crippen LogP contribution in [0.1, 0.15) is 156 Å². The third-order valence-electron chi connectivity index (χ3n) is 6.86. The van der Waals surface area contributed by atoms with E-state index in [0.717, 1.165) is 11.8 Å². The molecule has 168 valence electrons. The summed E-state index contributed by atoms with van der Waals surface area (Å²) in [5.41, 5.74) is 0. The van der Waals surface area contributed by atoms with E-state index in [1.54, 1.807) is 0 Å². The van der Waals surface area contributed by atoms with E-state index in [1.807, 2.05) is 0 Å². The Hall–Kier alpha value is -0.260. The van der Waals surface area contributed by atoms with Crippen molar-refractivity contribution < 1.29 is 0 Å². The Morgan fingerprint density at radius 2 is 0.964 bits per heavy atom. The topological polar surface area (TPSA) is 0 Å². The van der Waals surface area contributed by atoms with E-state index in [2.05, 4.69) is 33.4 Å². The molecule has 2 unspecified atom stereocenters. The zero-order valence-electron chi connectivity index (χ0n) is 20.3. The third kappa shape index (κ3) is 19.1. The molecule has 28 heavy (non-hydrogen) atoms. The van der Waals surface area contributed by atoms with Gasteiger partial charge in [0.25, 0.3) is 0 Å². The zero-order valence-corrected chi connectivity index (χ0v) is 20.3. The van der Waals surface area contributed by atoms with Crippen molar-refractivity contribution in [3.63, 3.8) is 0 Å². The largest absolute Gasteiger partial charge is 0.103 e. The standard InChI is InChI=1S/C28H56/c1-5-8-10-12-14-16-17-18-20-22-24-26-28(27(4)7-3)25-23-21-19-15-13-11-9-6-2/h6,27-28H,2,5,7-26H2,1,3-4H3. The number of hydrogen-bond acceptors (Lipinski definition) is 0. The first-order valence-corrected chi connectivity index (χ1v) is 13.4. The van der Waals surface area contributed by atoms with Gasteiger partial charge in [-0.1, -0.05) is 149 Å². The van der Waals surface area contributed by atoms with Crippen molar-refractivity contribution in [2.45, 2.75) is 156 Å². The van der Waals surface area contributed by atoms with Crippen LogP contribution >= 0.6 is 0 Å². The highest BCUT2D eigenvalue weighted by Gasteiger charge is 2.15. The Kier molecular flexibility index (Phi) is 22.8. The van der Waals surface area contributed by atoms with E-state index in [-0.39, 0.29) is 0 Å². The molecule has 0 amide bonds. The summed E-state index contributed by atoms with van der Waals surface area (Å²) in [5.74, 6) is 1.92. The summed E-state index contributed by atoms with van der Waals surface area (Å²) in [7, 11) is 0. The number of hydrogen-bond donors (Lipinski definition) is 0. The Balaban J connectivity index is 3.58. The second kappa shape index (κ2) is 23.0. The molecule has 0 saturated heterocycles. The van der Waals surface area contributed by atoms with Crippen molar-refractivity contribution in [2.75, 3.05) is 0 Å². The van der Waals surface area contributed by atoms with Gasteiger partial charge >= 0.3 is 0 Å². The molecule has 0 N–H and O–H groups in total. The molecule has 0 aromatic heterocycles. The molecule has 0 bridgehead atoms. The molecular formula is C28H56. The summed E-state index contributed by atoms with van der Waals surface area (Å²) in [6.07, 6.45) is 32.2. The van der Waals surface area contributed by atoms with Gasteiger partial charge in [0.15, 0.2) is 0 Å². The Morgan fingerprint density at radius 1 is 0.571 bits per heavy atom. The van der Waals surface area contributed by atoms with Gasteiger partial charge in [-0.05, 0) is 24.7 Å². The van der Waals surface area contributed by atoms with Gasteiger partial charge in [0.1, 0.15) is 0 Å². The molecule has 0 rings (SSSR count). The number of allylic oxidation sites excluding steroid dienone is 1. The summed E-state index contributed by atoms with van der Waals surface area (Å²) in [5, 5.41) is 0. The van der Waals surface area contributed by atoms with E-state index in [9.17, 15) is 0 Å². The number of unbranched alkanes of at least 4 members (excludes halogenated alkanes) is 16. The van der Waals surface area contributed by atoms with Crippen molar-refractivity contribution in [3.8, 4) is 0 Å². The molecule has 0 aliphatic carbocycles. The first-order chi connectivity index (χ1) is 13.8. The lowest BCUT2D eigenvalue weighted by molar-refractivity contribution is 0.288. The quantitative estimate of drug-likeness (QED) is 0.120. The lowest BCUT2D eigenvalue weighted by atomic mass is 9.83. The van der Waals surface area contributed by atoms with E-state index in [0.29, 0.717) is 0 Å². The smallest absolute Gasteiger partial charge is 0.0353 e. The number of rotatable bonds is 23. The van der Waals surface area contributed by atoms with E-state index >= 15 is 0 Å². The van der Waals surface area contributed by atoms with Gasteiger partial charge in [0.2, 0.25) is 0 Å². The van der Waals surface area contributed by atoms with Gasteiger partial charge in [-0.15, -0.1) is 6.58 Å². The summed E-state index contributed by atoms with van der Waals surface area (Å²) in [6.45, 7) is 11.0. The maximum Gasteiger partial charge on any atom is -0.0353 e. The Labute approximate surface area is 180 Å². The van der Waals surface area contributed by atoms with Crippen molar-refractivity contribution >= 4 is 0 Å². The van der Waals surface area contributed by atoms with Gasteiger partial charge in [0.05, 0.1) is 0 Å². The van der Waals surface area contributed by atoms with Crippen LogP contribution in [0, 0.1) is 11.8 Å². The van der Waals surface area contributed by atoms with Crippen molar-refractivity contribution in [2.24, 2.45) is 11.8 Å². The van der Waals surface area contributed by atoms with Gasteiger partial charge in [-0.25, -0.2) is 0 Å². The molecule has 0 saturated carbocycles. The first kappa shape index (κ1) is 27.7. The second-order valence-corrected chi connectivity index (χ2v) is 9.46. The summed E-state index contributed by atoms with van der Waals surface area (Å²) in [4.78, 5) is 0. The second-order valence-electron chi connectivity index (χ2n) is 9.46. The van der Waals surface area contributed by atoms with Crippen LogP contribution in [0.3, 0.4) is 0 Å². The maximum absolute atomic E-state index is 3.81. The van der Waals surface area contributed by atoms with Crippen molar-refractivity contribution in [1.29, 1.82) is 0 Å². The van der Waals surface area contributed by atoms with Crippen LogP contribution in [0.5, 0.6) is 0 Å². The van der Waals surface area contributed by atoms with Gasteiger partial charge in [-0.2, -0.15) is 0 Å². The van der Waals surface area contributed by atoms with Gasteiger partial charge in [-0.3, -0.25) is 0 Å². The highest BCUT2D eigenvalue weighted by atomic mass is 14.2. The highest BCUT2D eigenvalue weighted by Crippen LogP contribution is 2.27. The molecule has 0 spiro atoms. The minimum atomic E-state index is 0.927. The minimum Gasteiger partial charge on any atom is -0.103 e. The molecular weight excluding hydrogens is 336 g/mol. The summed E-state index contributed by atoms with van der Waals surface area (Å²) >= 11 is 0. The molecule has 2 atom stereocenters. The fraction of sp³-hybridized carbons (Fsp3) is 0.929. The van der Waals surface area contributed by atoms with Crippen LogP contribution in [0.2, 0.25) is 0 Å². The van der Waals surface area contributed by atoms with Crippen LogP contribution in [0.25, 0.3) is 0 Å². The molecule has 0 aliphatic heterocycles. The van der Waals surface area contributed by atoms with Crippen molar-refractivity contribution in [3.05, 3.63) is 12.7 Å². The van der Waals surface area contributed by atoms with E-state index in [4.69, 9.17) is 0 Å². The monoisotopic (exact) mass is 392 g/mol.